The van der Waals surface area contributed by atoms with Crippen LogP contribution in [0.15, 0.2) is 0 Å². The Morgan fingerprint density at radius 1 is 0.461 bits per heavy atom. The van der Waals surface area contributed by atoms with Crippen molar-refractivity contribution in [2.45, 2.75) is 175 Å². The minimum atomic E-state index is -1.96. The Labute approximate surface area is 438 Å². The van der Waals surface area contributed by atoms with Crippen LogP contribution in [0.4, 0.5) is 0 Å². The molecule has 76 heavy (non-hydrogen) atoms. The van der Waals surface area contributed by atoms with E-state index in [-0.39, 0.29) is 51.7 Å². The van der Waals surface area contributed by atoms with Crippen molar-refractivity contribution in [1.82, 2.24) is 26.2 Å². The quantitative estimate of drug-likeness (QED) is 0.0278. The average Bonchev–Trinajstić information content (AvgIpc) is 3.39. The van der Waals surface area contributed by atoms with Gasteiger partial charge >= 0.3 is 0 Å². The zero-order valence-electron chi connectivity index (χ0n) is 42.4. The molecule has 0 spiro atoms. The summed E-state index contributed by atoms with van der Waals surface area (Å²) in [6.45, 7) is -1.43. The number of aliphatic hydroxyl groups excluding tert-OH is 13. The monoisotopic (exact) mass is 1110 g/mol. The Hall–Kier alpha value is -3.04. The van der Waals surface area contributed by atoms with E-state index >= 15 is 0 Å². The van der Waals surface area contributed by atoms with Gasteiger partial charge in [0.05, 0.1) is 58.8 Å². The molecule has 0 bridgehead atoms. The summed E-state index contributed by atoms with van der Waals surface area (Å²) in [5, 5.41) is 144. The van der Waals surface area contributed by atoms with Gasteiger partial charge in [0.25, 0.3) is 0 Å². The van der Waals surface area contributed by atoms with Crippen LogP contribution < -0.4 is 27.0 Å². The number of nitrogens with two attached hydrogens (primary N) is 1. The van der Waals surface area contributed by atoms with Crippen molar-refractivity contribution >= 4 is 23.6 Å². The van der Waals surface area contributed by atoms with Gasteiger partial charge in [-0.05, 0) is 39.2 Å². The fourth-order valence-corrected chi connectivity index (χ4v) is 8.47. The smallest absolute Gasteiger partial charge is 0.234 e. The average molecular weight is 1110 g/mol. The van der Waals surface area contributed by atoms with Crippen LogP contribution in [0.2, 0.25) is 0 Å². The summed E-state index contributed by atoms with van der Waals surface area (Å²) in [7, 11) is 0. The van der Waals surface area contributed by atoms with Crippen molar-refractivity contribution in [2.75, 3.05) is 85.4 Å². The molecule has 4 heterocycles. The van der Waals surface area contributed by atoms with E-state index in [9.17, 15) is 85.6 Å². The molecular weight excluding hydrogens is 1020 g/mol. The van der Waals surface area contributed by atoms with Gasteiger partial charge in [-0.2, -0.15) is 0 Å². The van der Waals surface area contributed by atoms with Crippen molar-refractivity contribution in [3.8, 4) is 0 Å². The molecular formula is C45H82N6O25. The lowest BCUT2D eigenvalue weighted by molar-refractivity contribution is -0.366. The molecule has 4 rings (SSSR count). The molecule has 0 radical (unpaired) electrons. The SMILES string of the molecule is C[C@@H]1O[C@@H](OCCNC(=O)CCCCCNC(=O)CN(CC(=O)NCCCCCN)CC(=O)NCCO[C@H]2O[C@H](CO[C@H]3O[C@H](CO)[C@@H](O)[C@H](O)[C@@H]3O)[C@@H](O)[C@H](O[C@H]3O[C@H](CO)[C@@H](O)[C@H](O)[C@@H]3O)[C@@H]2O)[C@@H](O)[C@H](O)[C@@H]1O. The summed E-state index contributed by atoms with van der Waals surface area (Å²) in [5.74, 6) is -1.87. The number of carbonyl (C=O) groups excluding carboxylic acids is 4. The molecule has 4 amide bonds. The topological polar surface area (TPSA) is 482 Å². The molecule has 19 N–H and O–H groups in total. The van der Waals surface area contributed by atoms with E-state index in [1.165, 1.54) is 11.8 Å². The number of rotatable bonds is 32. The third-order valence-corrected chi connectivity index (χ3v) is 13.0. The number of amides is 4. The van der Waals surface area contributed by atoms with Crippen LogP contribution in [0.3, 0.4) is 0 Å². The number of aliphatic hydroxyl groups is 13. The second-order valence-electron chi connectivity index (χ2n) is 19.0. The van der Waals surface area contributed by atoms with Gasteiger partial charge in [-0.3, -0.25) is 24.1 Å². The molecule has 31 heteroatoms. The molecule has 4 fully saturated rings. The number of carbonyl (C=O) groups is 4. The van der Waals surface area contributed by atoms with Crippen molar-refractivity contribution in [3.05, 3.63) is 0 Å². The van der Waals surface area contributed by atoms with Crippen LogP contribution in [0.25, 0.3) is 0 Å². The molecule has 0 unspecified atom stereocenters. The Balaban J connectivity index is 1.27. The second-order valence-corrected chi connectivity index (χ2v) is 19.0. The summed E-state index contributed by atoms with van der Waals surface area (Å²) in [5.41, 5.74) is 5.54. The summed E-state index contributed by atoms with van der Waals surface area (Å²) in [6, 6.07) is 0. The highest BCUT2D eigenvalue weighted by Crippen LogP contribution is 2.31. The van der Waals surface area contributed by atoms with E-state index in [1.807, 2.05) is 0 Å². The summed E-state index contributed by atoms with van der Waals surface area (Å²) < 4.78 is 44.3. The van der Waals surface area contributed by atoms with Gasteiger partial charge in [0.15, 0.2) is 25.2 Å². The Morgan fingerprint density at radius 3 is 1.42 bits per heavy atom. The van der Waals surface area contributed by atoms with E-state index in [0.29, 0.717) is 38.8 Å². The fraction of sp³-hybridized carbons (Fsp3) is 0.911. The van der Waals surface area contributed by atoms with Crippen molar-refractivity contribution in [1.29, 1.82) is 0 Å². The van der Waals surface area contributed by atoms with Crippen LogP contribution in [-0.4, -0.2) is 303 Å². The molecule has 442 valence electrons. The number of ether oxygens (including phenoxy) is 8. The van der Waals surface area contributed by atoms with Crippen molar-refractivity contribution in [3.63, 3.8) is 0 Å². The predicted molar refractivity (Wildman–Crippen MR) is 253 cm³/mol. The molecule has 20 atom stereocenters. The lowest BCUT2D eigenvalue weighted by Gasteiger charge is -2.46. The number of nitrogens with one attached hydrogen (secondary N) is 4. The van der Waals surface area contributed by atoms with E-state index < -0.39 is 174 Å². The van der Waals surface area contributed by atoms with E-state index in [4.69, 9.17) is 43.6 Å². The largest absolute Gasteiger partial charge is 0.394 e. The highest BCUT2D eigenvalue weighted by Gasteiger charge is 2.52. The van der Waals surface area contributed by atoms with Gasteiger partial charge < -0.3 is 131 Å². The first kappa shape index (κ1) is 65.5. The van der Waals surface area contributed by atoms with Gasteiger partial charge in [0.1, 0.15) is 91.6 Å². The normalized spacial score (nSPS) is 35.9. The second kappa shape index (κ2) is 33.5. The highest BCUT2D eigenvalue weighted by atomic mass is 16.8. The lowest BCUT2D eigenvalue weighted by atomic mass is 9.96. The van der Waals surface area contributed by atoms with Crippen molar-refractivity contribution < 1.29 is 123 Å². The Morgan fingerprint density at radius 2 is 0.895 bits per heavy atom. The maximum absolute atomic E-state index is 13.2. The first-order valence-electron chi connectivity index (χ1n) is 25.5. The number of hydrogen-bond donors (Lipinski definition) is 18. The summed E-state index contributed by atoms with van der Waals surface area (Å²) in [4.78, 5) is 52.7. The van der Waals surface area contributed by atoms with E-state index in [1.54, 1.807) is 0 Å². The summed E-state index contributed by atoms with van der Waals surface area (Å²) in [6.07, 6.45) is -28.4. The molecule has 0 aromatic heterocycles. The maximum atomic E-state index is 13.2. The van der Waals surface area contributed by atoms with Gasteiger partial charge in [-0.1, -0.05) is 12.8 Å². The van der Waals surface area contributed by atoms with Gasteiger partial charge in [0, 0.05) is 32.6 Å². The Bertz CT molecular complexity index is 1720. The van der Waals surface area contributed by atoms with Crippen LogP contribution in [0.1, 0.15) is 51.9 Å². The fourth-order valence-electron chi connectivity index (χ4n) is 8.47. The maximum Gasteiger partial charge on any atom is 0.234 e. The van der Waals surface area contributed by atoms with Crippen LogP contribution >= 0.6 is 0 Å². The number of hydrogen-bond acceptors (Lipinski definition) is 27. The predicted octanol–water partition coefficient (Wildman–Crippen LogP) is -10.2. The molecule has 31 nitrogen and oxygen atoms in total. The third-order valence-electron chi connectivity index (χ3n) is 13.0. The summed E-state index contributed by atoms with van der Waals surface area (Å²) >= 11 is 0. The minimum absolute atomic E-state index is 0.0236. The van der Waals surface area contributed by atoms with E-state index in [0.717, 1.165) is 12.8 Å². The minimum Gasteiger partial charge on any atom is -0.394 e. The molecule has 4 aliphatic heterocycles. The molecule has 0 aliphatic carbocycles. The zero-order chi connectivity index (χ0) is 56.1. The third kappa shape index (κ3) is 19.9. The number of nitrogens with zero attached hydrogens (tertiary/aromatic N) is 1. The molecule has 0 saturated carbocycles. The van der Waals surface area contributed by atoms with Gasteiger partial charge in [-0.15, -0.1) is 0 Å². The molecule has 0 aromatic rings. The van der Waals surface area contributed by atoms with Gasteiger partial charge in [-0.25, -0.2) is 0 Å². The lowest BCUT2D eigenvalue weighted by Crippen LogP contribution is -2.65. The standard InChI is InChI=1S/C45H82N6O25/c1-22-30(58)34(62)37(65)42(72-22)69-14-12-49-26(54)8-4-2-6-10-47-27(55)16-51(17-28(56)48-11-7-3-5-9-46)18-29(57)50-13-15-70-44-40(68)41(76-45-39(67)36(64)32(60)24(20-53)74-45)33(61)25(75-44)21-71-43-38(66)35(63)31(59)23(19-52)73-43/h22-25,30-45,52-53,58-68H,2-21,46H2,1H3,(H,47,55)(H,48,56)(H,49,54)(H,50,57)/t22-,23+,24+,25+,30+,31+,32+,33+,34+,35-,36-,37-,38-,39-,40-,41-,42+,43-,44-,45+/m0/s1. The van der Waals surface area contributed by atoms with Crippen molar-refractivity contribution in [2.24, 2.45) is 5.73 Å². The van der Waals surface area contributed by atoms with Crippen LogP contribution in [0.5, 0.6) is 0 Å². The number of unbranched alkanes of at least 4 members (excludes halogenated alkanes) is 4. The highest BCUT2D eigenvalue weighted by molar-refractivity contribution is 5.84. The van der Waals surface area contributed by atoms with Crippen LogP contribution in [0, 0.1) is 0 Å². The first-order valence-corrected chi connectivity index (χ1v) is 25.5. The van der Waals surface area contributed by atoms with E-state index in [2.05, 4.69) is 21.3 Å². The zero-order valence-corrected chi connectivity index (χ0v) is 42.4. The Kier molecular flexibility index (Phi) is 28.9. The van der Waals surface area contributed by atoms with Crippen LogP contribution in [-0.2, 0) is 57.1 Å². The molecule has 0 aromatic carbocycles. The molecule has 4 saturated heterocycles. The molecule has 4 aliphatic rings. The van der Waals surface area contributed by atoms with Gasteiger partial charge in [0.2, 0.25) is 23.6 Å². The first-order chi connectivity index (χ1) is 36.2.